The fourth-order valence-electron chi connectivity index (χ4n) is 2.56. The molecule has 2 aromatic heterocycles. The van der Waals surface area contributed by atoms with Crippen molar-refractivity contribution in [2.24, 2.45) is 0 Å². The molecule has 1 aromatic carbocycles. The molecule has 0 amide bonds. The minimum atomic E-state index is -0.263. The third-order valence-corrected chi connectivity index (χ3v) is 4.39. The van der Waals surface area contributed by atoms with Crippen LogP contribution in [0.2, 0.25) is 0 Å². The van der Waals surface area contributed by atoms with Crippen LogP contribution < -0.4 is 5.32 Å². The molecule has 23 heavy (non-hydrogen) atoms. The summed E-state index contributed by atoms with van der Waals surface area (Å²) in [5, 5.41) is 8.48. The molecule has 0 spiro atoms. The molecule has 0 saturated heterocycles. The molecule has 0 aliphatic carbocycles. The molecule has 2 heterocycles. The number of halogens is 1. The number of hydrogen-bond acceptors (Lipinski definition) is 4. The number of aromatic nitrogens is 1. The fourth-order valence-corrected chi connectivity index (χ4v) is 3.20. The van der Waals surface area contributed by atoms with E-state index in [1.54, 1.807) is 24.5 Å². The van der Waals surface area contributed by atoms with Crippen molar-refractivity contribution in [3.8, 4) is 11.3 Å². The number of methoxy groups -OCH3 is 1. The van der Waals surface area contributed by atoms with Crippen molar-refractivity contribution < 1.29 is 9.13 Å². The monoisotopic (exact) mass is 330 g/mol. The maximum Gasteiger partial charge on any atom is 0.125 e. The van der Waals surface area contributed by atoms with Crippen molar-refractivity contribution in [3.63, 3.8) is 0 Å². The van der Waals surface area contributed by atoms with Gasteiger partial charge in [-0.2, -0.15) is 11.3 Å². The molecule has 0 aliphatic heterocycles. The van der Waals surface area contributed by atoms with Crippen LogP contribution in [0.25, 0.3) is 22.2 Å². The number of benzene rings is 1. The predicted molar refractivity (Wildman–Crippen MR) is 93.2 cm³/mol. The summed E-state index contributed by atoms with van der Waals surface area (Å²) in [4.78, 5) is 4.70. The molecule has 0 saturated carbocycles. The summed E-state index contributed by atoms with van der Waals surface area (Å²) in [6.45, 7) is 3.42. The number of hydrogen-bond donors (Lipinski definition) is 1. The first-order valence-electron chi connectivity index (χ1n) is 7.51. The molecule has 3 nitrogen and oxygen atoms in total. The van der Waals surface area contributed by atoms with Gasteiger partial charge in [0.05, 0.1) is 17.8 Å². The van der Waals surface area contributed by atoms with Gasteiger partial charge >= 0.3 is 0 Å². The van der Waals surface area contributed by atoms with Gasteiger partial charge in [-0.25, -0.2) is 9.37 Å². The van der Waals surface area contributed by atoms with Crippen molar-refractivity contribution in [3.05, 3.63) is 52.5 Å². The third-order valence-electron chi connectivity index (χ3n) is 3.71. The highest BCUT2D eigenvalue weighted by molar-refractivity contribution is 7.08. The molecule has 120 valence electrons. The first-order valence-corrected chi connectivity index (χ1v) is 8.45. The van der Waals surface area contributed by atoms with E-state index in [1.807, 2.05) is 11.4 Å². The van der Waals surface area contributed by atoms with Crippen LogP contribution in [0.15, 0.2) is 41.1 Å². The molecular formula is C18H19FN2OS. The molecule has 1 atom stereocenters. The van der Waals surface area contributed by atoms with Crippen LogP contribution in [0.4, 0.5) is 4.39 Å². The first kappa shape index (κ1) is 16.1. The fraction of sp³-hybridized carbons (Fsp3) is 0.278. The number of ether oxygens (including phenoxy) is 1. The topological polar surface area (TPSA) is 34.1 Å². The Morgan fingerprint density at radius 1 is 1.30 bits per heavy atom. The van der Waals surface area contributed by atoms with Crippen molar-refractivity contribution in [2.45, 2.75) is 19.5 Å². The van der Waals surface area contributed by atoms with E-state index in [4.69, 9.17) is 9.72 Å². The molecule has 1 unspecified atom stereocenters. The third kappa shape index (κ3) is 3.75. The van der Waals surface area contributed by atoms with Crippen molar-refractivity contribution in [2.75, 3.05) is 13.7 Å². The molecular weight excluding hydrogens is 311 g/mol. The largest absolute Gasteiger partial charge is 0.383 e. The van der Waals surface area contributed by atoms with E-state index >= 15 is 0 Å². The normalized spacial score (nSPS) is 12.7. The lowest BCUT2D eigenvalue weighted by Gasteiger charge is -2.15. The average molecular weight is 330 g/mol. The van der Waals surface area contributed by atoms with Gasteiger partial charge in [0.2, 0.25) is 0 Å². The molecule has 3 aromatic rings. The lowest BCUT2D eigenvalue weighted by molar-refractivity contribution is 0.171. The SMILES string of the molecule is COCC(C)NCc1cc2ccc(F)cc2nc1-c1ccsc1. The van der Waals surface area contributed by atoms with Crippen LogP contribution in [-0.4, -0.2) is 24.7 Å². The summed E-state index contributed by atoms with van der Waals surface area (Å²) in [5.41, 5.74) is 3.75. The molecule has 1 N–H and O–H groups in total. The maximum atomic E-state index is 13.5. The van der Waals surface area contributed by atoms with Crippen LogP contribution in [0.3, 0.4) is 0 Å². The van der Waals surface area contributed by atoms with Crippen LogP contribution in [0, 0.1) is 5.82 Å². The minimum absolute atomic E-state index is 0.249. The average Bonchev–Trinajstić information content (AvgIpc) is 3.06. The summed E-state index contributed by atoms with van der Waals surface area (Å²) >= 11 is 1.63. The van der Waals surface area contributed by atoms with E-state index in [2.05, 4.69) is 23.7 Å². The Kier molecular flexibility index (Phi) is 5.00. The van der Waals surface area contributed by atoms with Gasteiger partial charge < -0.3 is 10.1 Å². The molecule has 5 heteroatoms. The van der Waals surface area contributed by atoms with Gasteiger partial charge in [-0.15, -0.1) is 0 Å². The minimum Gasteiger partial charge on any atom is -0.383 e. The van der Waals surface area contributed by atoms with Gasteiger partial charge in [-0.05, 0) is 42.1 Å². The Hall–Kier alpha value is -1.82. The van der Waals surface area contributed by atoms with E-state index in [0.29, 0.717) is 18.7 Å². The molecule has 0 bridgehead atoms. The Morgan fingerprint density at radius 2 is 2.17 bits per heavy atom. The van der Waals surface area contributed by atoms with Gasteiger partial charge in [-0.3, -0.25) is 0 Å². The van der Waals surface area contributed by atoms with E-state index in [-0.39, 0.29) is 11.9 Å². The second kappa shape index (κ2) is 7.17. The highest BCUT2D eigenvalue weighted by Gasteiger charge is 2.11. The Bertz CT molecular complexity index is 789. The van der Waals surface area contributed by atoms with E-state index in [1.165, 1.54) is 12.1 Å². The van der Waals surface area contributed by atoms with Gasteiger partial charge in [0.15, 0.2) is 0 Å². The number of fused-ring (bicyclic) bond motifs is 1. The van der Waals surface area contributed by atoms with Crippen LogP contribution in [0.5, 0.6) is 0 Å². The second-order valence-electron chi connectivity index (χ2n) is 5.58. The van der Waals surface area contributed by atoms with Gasteiger partial charge in [-0.1, -0.05) is 0 Å². The van der Waals surface area contributed by atoms with Crippen LogP contribution in [0.1, 0.15) is 12.5 Å². The predicted octanol–water partition coefficient (Wildman–Crippen LogP) is 4.23. The zero-order valence-corrected chi connectivity index (χ0v) is 14.0. The molecule has 3 rings (SSSR count). The van der Waals surface area contributed by atoms with Crippen molar-refractivity contribution in [1.29, 1.82) is 0 Å². The molecule has 0 aliphatic rings. The summed E-state index contributed by atoms with van der Waals surface area (Å²) in [6.07, 6.45) is 0. The smallest absolute Gasteiger partial charge is 0.125 e. The summed E-state index contributed by atoms with van der Waals surface area (Å²) in [5.74, 6) is -0.263. The molecule has 0 radical (unpaired) electrons. The lowest BCUT2D eigenvalue weighted by atomic mass is 10.0. The van der Waals surface area contributed by atoms with Crippen LogP contribution in [-0.2, 0) is 11.3 Å². The maximum absolute atomic E-state index is 13.5. The number of nitrogens with one attached hydrogen (secondary N) is 1. The highest BCUT2D eigenvalue weighted by Crippen LogP contribution is 2.27. The first-order chi connectivity index (χ1) is 11.2. The Balaban J connectivity index is 1.99. The Labute approximate surface area is 139 Å². The number of pyridine rings is 1. The second-order valence-corrected chi connectivity index (χ2v) is 6.36. The van der Waals surface area contributed by atoms with E-state index in [9.17, 15) is 4.39 Å². The molecule has 0 fully saturated rings. The summed E-state index contributed by atoms with van der Waals surface area (Å²) in [7, 11) is 1.70. The standard InChI is InChI=1S/C18H19FN2OS/c1-12(10-22-2)20-9-15-7-13-3-4-16(19)8-17(13)21-18(15)14-5-6-23-11-14/h3-8,11-12,20H,9-10H2,1-2H3. The van der Waals surface area contributed by atoms with Crippen molar-refractivity contribution in [1.82, 2.24) is 10.3 Å². The Morgan fingerprint density at radius 3 is 2.91 bits per heavy atom. The van der Waals surface area contributed by atoms with Gasteiger partial charge in [0, 0.05) is 42.1 Å². The van der Waals surface area contributed by atoms with E-state index in [0.717, 1.165) is 22.2 Å². The zero-order valence-electron chi connectivity index (χ0n) is 13.2. The van der Waals surface area contributed by atoms with Gasteiger partial charge in [0.25, 0.3) is 0 Å². The lowest BCUT2D eigenvalue weighted by Crippen LogP contribution is -2.29. The van der Waals surface area contributed by atoms with Gasteiger partial charge in [0.1, 0.15) is 5.82 Å². The summed E-state index contributed by atoms with van der Waals surface area (Å²) < 4.78 is 18.6. The number of rotatable bonds is 6. The number of nitrogens with zero attached hydrogens (tertiary/aromatic N) is 1. The van der Waals surface area contributed by atoms with Crippen molar-refractivity contribution >= 4 is 22.2 Å². The van der Waals surface area contributed by atoms with E-state index < -0.39 is 0 Å². The van der Waals surface area contributed by atoms with Crippen LogP contribution >= 0.6 is 11.3 Å². The summed E-state index contributed by atoms with van der Waals surface area (Å²) in [6, 6.07) is 9.10. The number of thiophene rings is 1. The zero-order chi connectivity index (χ0) is 16.2. The highest BCUT2D eigenvalue weighted by atomic mass is 32.1. The quantitative estimate of drug-likeness (QED) is 0.734.